The van der Waals surface area contributed by atoms with Crippen LogP contribution in [0.1, 0.15) is 27.0 Å². The van der Waals surface area contributed by atoms with Crippen LogP contribution in [-0.2, 0) is 22.4 Å². The number of anilines is 1. The number of aromatic nitrogens is 4. The lowest BCUT2D eigenvalue weighted by molar-refractivity contribution is -0.123. The summed E-state index contributed by atoms with van der Waals surface area (Å²) in [5.41, 5.74) is 4.16. The lowest BCUT2D eigenvalue weighted by Crippen LogP contribution is -2.44. The van der Waals surface area contributed by atoms with Crippen LogP contribution in [0.25, 0.3) is 11.8 Å². The van der Waals surface area contributed by atoms with Gasteiger partial charge in [0.15, 0.2) is 0 Å². The topological polar surface area (TPSA) is 131 Å². The van der Waals surface area contributed by atoms with Crippen molar-refractivity contribution in [3.8, 4) is 5.69 Å². The van der Waals surface area contributed by atoms with Gasteiger partial charge in [-0.1, -0.05) is 41.9 Å². The molecule has 5 rings (SSSR count). The molecule has 2 heterocycles. The molecule has 0 fully saturated rings. The van der Waals surface area contributed by atoms with E-state index in [4.69, 9.17) is 11.6 Å². The number of amides is 3. The quantitative estimate of drug-likeness (QED) is 0.294. The standard InChI is InChI=1S/C28H24ClN7O3/c29-21-7-10-25(36-17-31-34-35-36)20(15-21)6-11-26(37)33-24(14-18-4-2-1-3-5-18)28(39)32-22-8-9-23-19(16-22)12-13-30-27(23)38/h1-11,15-17,24H,12-14H2,(H,30,38)(H,32,39)(H,33,37)/b11-6+/t24-/m0/s1. The zero-order valence-corrected chi connectivity index (χ0v) is 21.4. The van der Waals surface area contributed by atoms with Gasteiger partial charge in [0.1, 0.15) is 12.4 Å². The first-order valence-electron chi connectivity index (χ1n) is 12.2. The summed E-state index contributed by atoms with van der Waals surface area (Å²) >= 11 is 6.17. The number of fused-ring (bicyclic) bond motifs is 1. The zero-order valence-electron chi connectivity index (χ0n) is 20.7. The van der Waals surface area contributed by atoms with E-state index in [2.05, 4.69) is 31.5 Å². The van der Waals surface area contributed by atoms with Crippen molar-refractivity contribution in [2.45, 2.75) is 18.9 Å². The second-order valence-electron chi connectivity index (χ2n) is 8.91. The molecule has 3 N–H and O–H groups in total. The molecule has 1 aromatic heterocycles. The summed E-state index contributed by atoms with van der Waals surface area (Å²) in [4.78, 5) is 38.4. The van der Waals surface area contributed by atoms with E-state index >= 15 is 0 Å². The Morgan fingerprint density at radius 1 is 1.10 bits per heavy atom. The maximum atomic E-state index is 13.3. The Hall–Kier alpha value is -4.83. The van der Waals surface area contributed by atoms with Gasteiger partial charge in [0.25, 0.3) is 5.91 Å². The van der Waals surface area contributed by atoms with Crippen LogP contribution in [0, 0.1) is 0 Å². The van der Waals surface area contributed by atoms with Gasteiger partial charge in [-0.2, -0.15) is 4.68 Å². The normalized spacial score (nSPS) is 13.4. The number of nitrogens with zero attached hydrogens (tertiary/aromatic N) is 4. The number of tetrazole rings is 1. The highest BCUT2D eigenvalue weighted by Gasteiger charge is 2.22. The number of hydrogen-bond donors (Lipinski definition) is 3. The van der Waals surface area contributed by atoms with E-state index in [1.165, 1.54) is 17.1 Å². The largest absolute Gasteiger partial charge is 0.352 e. The molecule has 196 valence electrons. The second kappa shape index (κ2) is 11.7. The maximum absolute atomic E-state index is 13.3. The molecule has 0 aliphatic carbocycles. The van der Waals surface area contributed by atoms with Crippen molar-refractivity contribution in [1.82, 2.24) is 30.8 Å². The first-order valence-corrected chi connectivity index (χ1v) is 12.6. The van der Waals surface area contributed by atoms with Crippen LogP contribution in [0.4, 0.5) is 5.69 Å². The number of halogens is 1. The highest BCUT2D eigenvalue weighted by atomic mass is 35.5. The molecular formula is C28H24ClN7O3. The maximum Gasteiger partial charge on any atom is 0.251 e. The Morgan fingerprint density at radius 2 is 1.95 bits per heavy atom. The molecule has 11 heteroatoms. The number of rotatable bonds is 8. The van der Waals surface area contributed by atoms with Gasteiger partial charge >= 0.3 is 0 Å². The van der Waals surface area contributed by atoms with E-state index in [1.807, 2.05) is 30.3 Å². The van der Waals surface area contributed by atoms with Crippen LogP contribution in [0.2, 0.25) is 5.02 Å². The minimum atomic E-state index is -0.859. The molecule has 0 bridgehead atoms. The van der Waals surface area contributed by atoms with Crippen molar-refractivity contribution in [2.75, 3.05) is 11.9 Å². The summed E-state index contributed by atoms with van der Waals surface area (Å²) < 4.78 is 1.46. The van der Waals surface area contributed by atoms with Gasteiger partial charge in [0.2, 0.25) is 11.8 Å². The third kappa shape index (κ3) is 6.36. The fourth-order valence-electron chi connectivity index (χ4n) is 4.32. The van der Waals surface area contributed by atoms with Gasteiger partial charge in [-0.15, -0.1) is 5.10 Å². The summed E-state index contributed by atoms with van der Waals surface area (Å²) in [6, 6.07) is 18.9. The Bertz CT molecular complexity index is 1540. The van der Waals surface area contributed by atoms with Crippen molar-refractivity contribution in [2.24, 2.45) is 0 Å². The van der Waals surface area contributed by atoms with E-state index < -0.39 is 11.9 Å². The van der Waals surface area contributed by atoms with Gasteiger partial charge in [0, 0.05) is 40.9 Å². The molecule has 0 saturated carbocycles. The summed E-state index contributed by atoms with van der Waals surface area (Å²) in [5, 5.41) is 20.2. The average Bonchev–Trinajstić information content (AvgIpc) is 3.47. The van der Waals surface area contributed by atoms with Crippen molar-refractivity contribution >= 4 is 41.1 Å². The molecule has 1 atom stereocenters. The van der Waals surface area contributed by atoms with E-state index in [1.54, 1.807) is 42.5 Å². The highest BCUT2D eigenvalue weighted by Crippen LogP contribution is 2.21. The SMILES string of the molecule is O=C(/C=C/c1cc(Cl)ccc1-n1cnnn1)N[C@@H](Cc1ccccc1)C(=O)Nc1ccc2c(c1)CCNC2=O. The van der Waals surface area contributed by atoms with Gasteiger partial charge in [-0.3, -0.25) is 14.4 Å². The third-order valence-corrected chi connectivity index (χ3v) is 6.45. The van der Waals surface area contributed by atoms with Crippen LogP contribution >= 0.6 is 11.6 Å². The van der Waals surface area contributed by atoms with Crippen molar-refractivity contribution in [1.29, 1.82) is 0 Å². The molecule has 10 nitrogen and oxygen atoms in total. The number of carbonyl (C=O) groups is 3. The summed E-state index contributed by atoms with van der Waals surface area (Å²) in [6.45, 7) is 0.546. The molecular weight excluding hydrogens is 518 g/mol. The lowest BCUT2D eigenvalue weighted by atomic mass is 9.99. The summed E-state index contributed by atoms with van der Waals surface area (Å²) in [7, 11) is 0. The van der Waals surface area contributed by atoms with Crippen LogP contribution in [0.15, 0.2) is 79.1 Å². The van der Waals surface area contributed by atoms with Gasteiger partial charge in [-0.05, 0) is 70.4 Å². The van der Waals surface area contributed by atoms with Crippen LogP contribution in [0.5, 0.6) is 0 Å². The predicted molar refractivity (Wildman–Crippen MR) is 146 cm³/mol. The minimum absolute atomic E-state index is 0.127. The predicted octanol–water partition coefficient (Wildman–Crippen LogP) is 2.98. The number of hydrogen-bond acceptors (Lipinski definition) is 6. The van der Waals surface area contributed by atoms with E-state index in [-0.39, 0.29) is 18.2 Å². The molecule has 1 aliphatic rings. The molecule has 1 aliphatic heterocycles. The van der Waals surface area contributed by atoms with Crippen LogP contribution < -0.4 is 16.0 Å². The lowest BCUT2D eigenvalue weighted by Gasteiger charge is -2.20. The highest BCUT2D eigenvalue weighted by molar-refractivity contribution is 6.30. The van der Waals surface area contributed by atoms with Crippen LogP contribution in [-0.4, -0.2) is 50.5 Å². The molecule has 0 saturated heterocycles. The summed E-state index contributed by atoms with van der Waals surface area (Å²) in [6.07, 6.45) is 5.32. The fraction of sp³-hybridized carbons (Fsp3) is 0.143. The van der Waals surface area contributed by atoms with Gasteiger partial charge in [0.05, 0.1) is 5.69 Å². The Morgan fingerprint density at radius 3 is 2.74 bits per heavy atom. The molecule has 3 amide bonds. The first kappa shape index (κ1) is 25.8. The van der Waals surface area contributed by atoms with Crippen LogP contribution in [0.3, 0.4) is 0 Å². The second-order valence-corrected chi connectivity index (χ2v) is 9.35. The van der Waals surface area contributed by atoms with E-state index in [0.29, 0.717) is 40.5 Å². The van der Waals surface area contributed by atoms with Gasteiger partial charge < -0.3 is 16.0 Å². The Balaban J connectivity index is 1.34. The average molecular weight is 542 g/mol. The zero-order chi connectivity index (χ0) is 27.2. The van der Waals surface area contributed by atoms with Crippen molar-refractivity contribution in [3.63, 3.8) is 0 Å². The minimum Gasteiger partial charge on any atom is -0.352 e. The third-order valence-electron chi connectivity index (χ3n) is 6.21. The van der Waals surface area contributed by atoms with E-state index in [0.717, 1.165) is 11.1 Å². The van der Waals surface area contributed by atoms with Crippen molar-refractivity contribution < 1.29 is 14.4 Å². The van der Waals surface area contributed by atoms with Crippen molar-refractivity contribution in [3.05, 3.63) is 106 Å². The molecule has 0 radical (unpaired) electrons. The number of nitrogens with one attached hydrogen (secondary N) is 3. The molecule has 39 heavy (non-hydrogen) atoms. The molecule has 3 aromatic carbocycles. The molecule has 0 spiro atoms. The fourth-order valence-corrected chi connectivity index (χ4v) is 4.50. The number of carbonyl (C=O) groups excluding carboxylic acids is 3. The summed E-state index contributed by atoms with van der Waals surface area (Å²) in [5.74, 6) is -0.966. The monoisotopic (exact) mass is 541 g/mol. The first-order chi connectivity index (χ1) is 19.0. The Labute approximate surface area is 229 Å². The molecule has 0 unspecified atom stereocenters. The Kier molecular flexibility index (Phi) is 7.74. The van der Waals surface area contributed by atoms with E-state index in [9.17, 15) is 14.4 Å². The number of benzene rings is 3. The molecule has 4 aromatic rings. The smallest absolute Gasteiger partial charge is 0.251 e. The van der Waals surface area contributed by atoms with Gasteiger partial charge in [-0.25, -0.2) is 0 Å².